The third kappa shape index (κ3) is 9.03. The lowest BCUT2D eigenvalue weighted by Gasteiger charge is -2.17. The molecule has 1 rings (SSSR count). The van der Waals surface area contributed by atoms with Gasteiger partial charge in [0.1, 0.15) is 11.9 Å². The maximum atomic E-state index is 12.3. The molecule has 6 nitrogen and oxygen atoms in total. The zero-order valence-electron chi connectivity index (χ0n) is 13.7. The van der Waals surface area contributed by atoms with Crippen molar-refractivity contribution in [3.8, 4) is 0 Å². The number of carbonyl (C=O) groups excluding carboxylic acids is 2. The molecule has 23 heavy (non-hydrogen) atoms. The molecule has 0 radical (unpaired) electrons. The Balaban J connectivity index is 0.00000484. The maximum Gasteiger partial charge on any atom is 0.407 e. The first-order valence-electron chi connectivity index (χ1n) is 7.82. The average molecular weight is 344 g/mol. The second kappa shape index (κ2) is 12.7. The summed E-state index contributed by atoms with van der Waals surface area (Å²) in [5, 5.41) is 5.33. The summed E-state index contributed by atoms with van der Waals surface area (Å²) in [6.07, 6.45) is 5.17. The number of nitrogens with zero attached hydrogens (tertiary/aromatic N) is 1. The van der Waals surface area contributed by atoms with Gasteiger partial charge in [0.2, 0.25) is 5.91 Å². The van der Waals surface area contributed by atoms with Gasteiger partial charge in [-0.2, -0.15) is 0 Å². The van der Waals surface area contributed by atoms with Gasteiger partial charge in [-0.25, -0.2) is 9.78 Å². The summed E-state index contributed by atoms with van der Waals surface area (Å²) >= 11 is 0. The number of halogens is 1. The van der Waals surface area contributed by atoms with E-state index in [-0.39, 0.29) is 18.3 Å². The minimum absolute atomic E-state index is 0. The van der Waals surface area contributed by atoms with Gasteiger partial charge in [-0.15, -0.1) is 12.4 Å². The van der Waals surface area contributed by atoms with Gasteiger partial charge in [0.15, 0.2) is 0 Å². The van der Waals surface area contributed by atoms with E-state index in [4.69, 9.17) is 4.74 Å². The van der Waals surface area contributed by atoms with Crippen molar-refractivity contribution < 1.29 is 14.3 Å². The molecule has 0 aliphatic heterocycles. The van der Waals surface area contributed by atoms with Crippen molar-refractivity contribution in [2.45, 2.75) is 52.0 Å². The third-order valence-corrected chi connectivity index (χ3v) is 3.10. The lowest BCUT2D eigenvalue weighted by atomic mass is 10.1. The molecule has 7 heteroatoms. The van der Waals surface area contributed by atoms with Crippen molar-refractivity contribution in [3.05, 3.63) is 24.4 Å². The fourth-order valence-corrected chi connectivity index (χ4v) is 1.82. The van der Waals surface area contributed by atoms with E-state index in [9.17, 15) is 9.59 Å². The van der Waals surface area contributed by atoms with Crippen molar-refractivity contribution in [1.82, 2.24) is 10.3 Å². The van der Waals surface area contributed by atoms with Gasteiger partial charge in [0.25, 0.3) is 0 Å². The average Bonchev–Trinajstić information content (AvgIpc) is 2.52. The van der Waals surface area contributed by atoms with E-state index in [1.807, 2.05) is 13.8 Å². The van der Waals surface area contributed by atoms with Gasteiger partial charge in [-0.3, -0.25) is 4.79 Å². The van der Waals surface area contributed by atoms with Gasteiger partial charge in [0.05, 0.1) is 6.61 Å². The Morgan fingerprint density at radius 1 is 1.22 bits per heavy atom. The normalized spacial score (nSPS) is 11.0. The first kappa shape index (κ1) is 21.2. The van der Waals surface area contributed by atoms with Gasteiger partial charge in [-0.1, -0.05) is 39.2 Å². The Labute approximate surface area is 143 Å². The number of carbonyl (C=O) groups is 2. The monoisotopic (exact) mass is 343 g/mol. The van der Waals surface area contributed by atoms with E-state index in [0.717, 1.165) is 25.7 Å². The number of aromatic nitrogens is 1. The van der Waals surface area contributed by atoms with Crippen molar-refractivity contribution in [1.29, 1.82) is 0 Å². The molecule has 1 unspecified atom stereocenters. The Bertz CT molecular complexity index is 457. The predicted octanol–water partition coefficient (Wildman–Crippen LogP) is 3.53. The summed E-state index contributed by atoms with van der Waals surface area (Å²) in [5.74, 6) is 0.190. The highest BCUT2D eigenvalue weighted by molar-refractivity contribution is 5.95. The number of hydrogen-bond donors (Lipinski definition) is 2. The number of unbranched alkanes of at least 4 members (excludes halogenated alkanes) is 2. The first-order chi connectivity index (χ1) is 10.7. The number of pyridine rings is 1. The van der Waals surface area contributed by atoms with E-state index in [1.54, 1.807) is 24.4 Å². The van der Waals surface area contributed by atoms with E-state index < -0.39 is 12.1 Å². The third-order valence-electron chi connectivity index (χ3n) is 3.10. The molecule has 0 saturated carbocycles. The number of ether oxygens (including phenoxy) is 1. The standard InChI is InChI=1S/C16H25N3O3.ClH/c1-3-5-9-13(18-16(21)22-12-6-4-2)15(20)19-14-10-7-8-11-17-14;/h7-8,10-11,13H,3-6,9,12H2,1-2H3,(H,18,21)(H,17,19,20);1H. The lowest BCUT2D eigenvalue weighted by molar-refractivity contribution is -0.118. The van der Waals surface area contributed by atoms with Crippen LogP contribution in [0, 0.1) is 0 Å². The van der Waals surface area contributed by atoms with Crippen LogP contribution in [0.5, 0.6) is 0 Å². The molecule has 0 fully saturated rings. The van der Waals surface area contributed by atoms with Crippen LogP contribution in [0.15, 0.2) is 24.4 Å². The minimum Gasteiger partial charge on any atom is -0.450 e. The summed E-state index contributed by atoms with van der Waals surface area (Å²) in [6.45, 7) is 4.42. The topological polar surface area (TPSA) is 80.3 Å². The van der Waals surface area contributed by atoms with E-state index in [0.29, 0.717) is 18.8 Å². The largest absolute Gasteiger partial charge is 0.450 e. The molecule has 1 heterocycles. The number of rotatable bonds is 9. The van der Waals surface area contributed by atoms with E-state index >= 15 is 0 Å². The Kier molecular flexibility index (Phi) is 11.7. The van der Waals surface area contributed by atoms with Crippen LogP contribution in [0.1, 0.15) is 46.0 Å². The Morgan fingerprint density at radius 2 is 1.96 bits per heavy atom. The van der Waals surface area contributed by atoms with Crippen LogP contribution >= 0.6 is 12.4 Å². The van der Waals surface area contributed by atoms with E-state index in [1.165, 1.54) is 0 Å². The predicted molar refractivity (Wildman–Crippen MR) is 92.8 cm³/mol. The molecule has 0 bridgehead atoms. The van der Waals surface area contributed by atoms with Crippen LogP contribution in [0.25, 0.3) is 0 Å². The molecule has 1 aromatic heterocycles. The molecular formula is C16H26ClN3O3. The summed E-state index contributed by atoms with van der Waals surface area (Å²) in [6, 6.07) is 4.65. The zero-order valence-corrected chi connectivity index (χ0v) is 14.5. The smallest absolute Gasteiger partial charge is 0.407 e. The van der Waals surface area contributed by atoms with Gasteiger partial charge < -0.3 is 15.4 Å². The van der Waals surface area contributed by atoms with Crippen molar-refractivity contribution in [2.75, 3.05) is 11.9 Å². The van der Waals surface area contributed by atoms with Crippen molar-refractivity contribution in [2.24, 2.45) is 0 Å². The quantitative estimate of drug-likeness (QED) is 0.672. The highest BCUT2D eigenvalue weighted by Crippen LogP contribution is 2.06. The van der Waals surface area contributed by atoms with Crippen molar-refractivity contribution >= 4 is 30.2 Å². The first-order valence-corrected chi connectivity index (χ1v) is 7.82. The molecule has 2 N–H and O–H groups in total. The molecule has 0 saturated heterocycles. The van der Waals surface area contributed by atoms with Gasteiger partial charge in [0, 0.05) is 6.20 Å². The van der Waals surface area contributed by atoms with Crippen molar-refractivity contribution in [3.63, 3.8) is 0 Å². The van der Waals surface area contributed by atoms with Gasteiger partial charge in [-0.05, 0) is 25.0 Å². The minimum atomic E-state index is -0.615. The number of amides is 2. The summed E-state index contributed by atoms with van der Waals surface area (Å²) in [4.78, 5) is 28.0. The second-order valence-electron chi connectivity index (χ2n) is 5.03. The zero-order chi connectivity index (χ0) is 16.2. The highest BCUT2D eigenvalue weighted by atomic mass is 35.5. The number of alkyl carbamates (subject to hydrolysis) is 1. The Morgan fingerprint density at radius 3 is 2.57 bits per heavy atom. The summed E-state index contributed by atoms with van der Waals surface area (Å²) in [5.41, 5.74) is 0. The van der Waals surface area contributed by atoms with Gasteiger partial charge >= 0.3 is 6.09 Å². The van der Waals surface area contributed by atoms with Crippen LogP contribution in [-0.4, -0.2) is 29.6 Å². The SMILES string of the molecule is CCCCOC(=O)NC(CCCC)C(=O)Nc1ccccn1.Cl. The molecule has 1 atom stereocenters. The number of nitrogens with one attached hydrogen (secondary N) is 2. The van der Waals surface area contributed by atoms with Crippen LogP contribution in [0.2, 0.25) is 0 Å². The fourth-order valence-electron chi connectivity index (χ4n) is 1.82. The summed E-state index contributed by atoms with van der Waals surface area (Å²) in [7, 11) is 0. The Hall–Kier alpha value is -1.82. The molecule has 0 aliphatic rings. The number of anilines is 1. The van der Waals surface area contributed by atoms with Crippen LogP contribution in [0.3, 0.4) is 0 Å². The maximum absolute atomic E-state index is 12.3. The molecule has 0 aliphatic carbocycles. The molecular weight excluding hydrogens is 318 g/mol. The molecule has 2 amide bonds. The van der Waals surface area contributed by atoms with Crippen LogP contribution in [-0.2, 0) is 9.53 Å². The lowest BCUT2D eigenvalue weighted by Crippen LogP contribution is -2.44. The molecule has 0 aromatic carbocycles. The molecule has 0 spiro atoms. The van der Waals surface area contributed by atoms with E-state index in [2.05, 4.69) is 15.6 Å². The number of hydrogen-bond acceptors (Lipinski definition) is 4. The molecule has 1 aromatic rings. The summed E-state index contributed by atoms with van der Waals surface area (Å²) < 4.78 is 5.05. The van der Waals surface area contributed by atoms with Crippen LogP contribution < -0.4 is 10.6 Å². The molecule has 130 valence electrons. The second-order valence-corrected chi connectivity index (χ2v) is 5.03. The fraction of sp³-hybridized carbons (Fsp3) is 0.562. The highest BCUT2D eigenvalue weighted by Gasteiger charge is 2.21. The van der Waals surface area contributed by atoms with Crippen LogP contribution in [0.4, 0.5) is 10.6 Å².